The molecule has 0 saturated carbocycles. The van der Waals surface area contributed by atoms with Gasteiger partial charge in [-0.1, -0.05) is 71.8 Å². The van der Waals surface area contributed by atoms with Crippen molar-refractivity contribution in [2.24, 2.45) is 0 Å². The van der Waals surface area contributed by atoms with E-state index in [9.17, 15) is 0 Å². The van der Waals surface area contributed by atoms with E-state index in [0.717, 1.165) is 16.7 Å². The van der Waals surface area contributed by atoms with Crippen LogP contribution >= 0.6 is 35.4 Å². The third kappa shape index (κ3) is 5.86. The third-order valence-electron chi connectivity index (χ3n) is 4.24. The maximum Gasteiger partial charge on any atom is 0.161 e. The molecule has 6 heteroatoms. The predicted molar refractivity (Wildman–Crippen MR) is 123 cm³/mol. The van der Waals surface area contributed by atoms with Crippen LogP contribution in [0.1, 0.15) is 23.6 Å². The minimum Gasteiger partial charge on any atom is -0.490 e. The molecule has 0 amide bonds. The number of thiocarbonyl (C=S) groups is 1. The average Bonchev–Trinajstić information content (AvgIpc) is 2.73. The molecule has 1 N–H and O–H groups in total. The Morgan fingerprint density at radius 1 is 0.897 bits per heavy atom. The lowest BCUT2D eigenvalue weighted by Gasteiger charge is -2.15. The van der Waals surface area contributed by atoms with Crippen LogP contribution in [0.4, 0.5) is 0 Å². The monoisotopic (exact) mass is 445 g/mol. The quantitative estimate of drug-likeness (QED) is 0.404. The third-order valence-corrected chi connectivity index (χ3v) is 5.32. The van der Waals surface area contributed by atoms with Gasteiger partial charge in [0.2, 0.25) is 0 Å². The molecule has 0 bridgehead atoms. The Kier molecular flexibility index (Phi) is 7.76. The summed E-state index contributed by atoms with van der Waals surface area (Å²) >= 11 is 18.0. The van der Waals surface area contributed by atoms with Gasteiger partial charge in [-0.15, -0.1) is 0 Å². The average molecular weight is 446 g/mol. The fraction of sp³-hybridized carbons (Fsp3) is 0.174. The van der Waals surface area contributed by atoms with Gasteiger partial charge in [0, 0.05) is 27.7 Å². The summed E-state index contributed by atoms with van der Waals surface area (Å²) < 4.78 is 11.7. The van der Waals surface area contributed by atoms with Crippen molar-refractivity contribution in [1.82, 2.24) is 5.32 Å². The topological polar surface area (TPSA) is 30.5 Å². The van der Waals surface area contributed by atoms with Crippen LogP contribution in [-0.4, -0.2) is 11.6 Å². The van der Waals surface area contributed by atoms with Gasteiger partial charge in [-0.3, -0.25) is 0 Å². The van der Waals surface area contributed by atoms with Crippen molar-refractivity contribution in [3.05, 3.63) is 93.5 Å². The van der Waals surface area contributed by atoms with Gasteiger partial charge >= 0.3 is 0 Å². The highest BCUT2D eigenvalue weighted by molar-refractivity contribution is 7.80. The molecule has 3 rings (SSSR count). The van der Waals surface area contributed by atoms with Crippen LogP contribution in [0, 0.1) is 0 Å². The molecule has 0 atom stereocenters. The van der Waals surface area contributed by atoms with E-state index in [2.05, 4.69) is 17.4 Å². The Morgan fingerprint density at radius 2 is 1.62 bits per heavy atom. The predicted octanol–water partition coefficient (Wildman–Crippen LogP) is 6.44. The molecule has 29 heavy (non-hydrogen) atoms. The fourth-order valence-corrected chi connectivity index (χ4v) is 3.44. The largest absolute Gasteiger partial charge is 0.490 e. The highest BCUT2D eigenvalue weighted by atomic mass is 35.5. The second kappa shape index (κ2) is 10.5. The Morgan fingerprint density at radius 3 is 2.31 bits per heavy atom. The van der Waals surface area contributed by atoms with Crippen molar-refractivity contribution in [3.63, 3.8) is 0 Å². The molecule has 150 valence electrons. The lowest BCUT2D eigenvalue weighted by molar-refractivity contribution is 0.269. The molecule has 0 unspecified atom stereocenters. The maximum atomic E-state index is 6.23. The molecule has 0 spiro atoms. The smallest absolute Gasteiger partial charge is 0.161 e. The Hall–Kier alpha value is -2.27. The summed E-state index contributed by atoms with van der Waals surface area (Å²) in [4.78, 5) is 0.649. The zero-order valence-corrected chi connectivity index (χ0v) is 18.3. The first kappa shape index (κ1) is 21.4. The molecule has 3 nitrogen and oxygen atoms in total. The molecule has 3 aromatic carbocycles. The van der Waals surface area contributed by atoms with Gasteiger partial charge in [0.15, 0.2) is 11.5 Å². The van der Waals surface area contributed by atoms with Crippen LogP contribution in [0.2, 0.25) is 10.0 Å². The maximum absolute atomic E-state index is 6.23. The summed E-state index contributed by atoms with van der Waals surface area (Å²) in [5.41, 5.74) is 2.77. The summed E-state index contributed by atoms with van der Waals surface area (Å²) in [7, 11) is 0. The number of benzene rings is 3. The summed E-state index contributed by atoms with van der Waals surface area (Å²) in [6.07, 6.45) is 0. The molecule has 3 aromatic rings. The van der Waals surface area contributed by atoms with Gasteiger partial charge in [-0.05, 0) is 42.8 Å². The van der Waals surface area contributed by atoms with E-state index in [0.29, 0.717) is 39.7 Å². The number of ether oxygens (including phenoxy) is 2. The van der Waals surface area contributed by atoms with Gasteiger partial charge in [-0.25, -0.2) is 0 Å². The lowest BCUT2D eigenvalue weighted by Crippen LogP contribution is -2.21. The SMILES string of the molecule is CCOc1cc(C(=S)NCc2ccccc2)ccc1OCc1c(Cl)cccc1Cl. The standard InChI is InChI=1S/C23H21Cl2NO2S/c1-2-27-22-13-17(23(29)26-14-16-7-4-3-5-8-16)11-12-21(22)28-15-18-19(24)9-6-10-20(18)25/h3-13H,2,14-15H2,1H3,(H,26,29). The molecule has 0 aliphatic heterocycles. The van der Waals surface area contributed by atoms with Crippen molar-refractivity contribution in [2.75, 3.05) is 6.61 Å². The van der Waals surface area contributed by atoms with Crippen LogP contribution in [0.3, 0.4) is 0 Å². The van der Waals surface area contributed by atoms with E-state index in [4.69, 9.17) is 44.9 Å². The van der Waals surface area contributed by atoms with E-state index in [1.54, 1.807) is 18.2 Å². The number of hydrogen-bond donors (Lipinski definition) is 1. The molecule has 0 radical (unpaired) electrons. The Labute approximate surface area is 186 Å². The number of rotatable bonds is 8. The van der Waals surface area contributed by atoms with Crippen molar-refractivity contribution >= 4 is 40.4 Å². The highest BCUT2D eigenvalue weighted by Gasteiger charge is 2.12. The minimum absolute atomic E-state index is 0.245. The van der Waals surface area contributed by atoms with Crippen molar-refractivity contribution in [2.45, 2.75) is 20.1 Å². The molecular formula is C23H21Cl2NO2S. The van der Waals surface area contributed by atoms with Gasteiger partial charge in [0.25, 0.3) is 0 Å². The first-order chi connectivity index (χ1) is 14.1. The van der Waals surface area contributed by atoms with E-state index < -0.39 is 0 Å². The zero-order chi connectivity index (χ0) is 20.6. The van der Waals surface area contributed by atoms with Crippen LogP contribution in [0.5, 0.6) is 11.5 Å². The number of nitrogens with one attached hydrogen (secondary N) is 1. The first-order valence-corrected chi connectivity index (χ1v) is 10.4. The van der Waals surface area contributed by atoms with Gasteiger partial charge < -0.3 is 14.8 Å². The molecule has 0 aliphatic carbocycles. The number of hydrogen-bond acceptors (Lipinski definition) is 3. The van der Waals surface area contributed by atoms with Gasteiger partial charge in [-0.2, -0.15) is 0 Å². The summed E-state index contributed by atoms with van der Waals surface area (Å²) in [5, 5.41) is 4.41. The fourth-order valence-electron chi connectivity index (χ4n) is 2.74. The van der Waals surface area contributed by atoms with E-state index in [1.807, 2.05) is 43.3 Å². The van der Waals surface area contributed by atoms with E-state index in [1.165, 1.54) is 0 Å². The molecule has 0 heterocycles. The molecular weight excluding hydrogens is 425 g/mol. The van der Waals surface area contributed by atoms with Crippen LogP contribution in [-0.2, 0) is 13.2 Å². The molecule has 0 fully saturated rings. The van der Waals surface area contributed by atoms with Crippen molar-refractivity contribution in [1.29, 1.82) is 0 Å². The van der Waals surface area contributed by atoms with Gasteiger partial charge in [0.05, 0.1) is 6.61 Å². The van der Waals surface area contributed by atoms with Crippen LogP contribution < -0.4 is 14.8 Å². The second-order valence-electron chi connectivity index (χ2n) is 6.25. The lowest BCUT2D eigenvalue weighted by atomic mass is 10.1. The van der Waals surface area contributed by atoms with E-state index >= 15 is 0 Å². The van der Waals surface area contributed by atoms with Crippen LogP contribution in [0.15, 0.2) is 66.7 Å². The molecule has 0 aromatic heterocycles. The number of halogens is 2. The summed E-state index contributed by atoms with van der Waals surface area (Å²) in [6, 6.07) is 21.1. The highest BCUT2D eigenvalue weighted by Crippen LogP contribution is 2.31. The summed E-state index contributed by atoms with van der Waals surface area (Å²) in [5.74, 6) is 1.23. The van der Waals surface area contributed by atoms with Crippen molar-refractivity contribution in [3.8, 4) is 11.5 Å². The van der Waals surface area contributed by atoms with Crippen molar-refractivity contribution < 1.29 is 9.47 Å². The minimum atomic E-state index is 0.245. The first-order valence-electron chi connectivity index (χ1n) is 9.23. The second-order valence-corrected chi connectivity index (χ2v) is 7.47. The Balaban J connectivity index is 1.71. The van der Waals surface area contributed by atoms with Gasteiger partial charge in [0.1, 0.15) is 11.6 Å². The molecule has 0 saturated heterocycles. The Bertz CT molecular complexity index is 960. The summed E-state index contributed by atoms with van der Waals surface area (Å²) in [6.45, 7) is 3.34. The van der Waals surface area contributed by atoms with Crippen LogP contribution in [0.25, 0.3) is 0 Å². The zero-order valence-electron chi connectivity index (χ0n) is 16.0. The van der Waals surface area contributed by atoms with E-state index in [-0.39, 0.29) is 6.61 Å². The molecule has 0 aliphatic rings. The normalized spacial score (nSPS) is 10.4.